The number of Topliss-reactive ketones (excluding diaryl/α,β-unsaturated/α-hetero) is 1. The maximum atomic E-state index is 12.5. The van der Waals surface area contributed by atoms with Crippen molar-refractivity contribution in [3.63, 3.8) is 0 Å². The van der Waals surface area contributed by atoms with Crippen LogP contribution in [0.3, 0.4) is 0 Å². The van der Waals surface area contributed by atoms with Crippen LogP contribution in [0.1, 0.15) is 10.4 Å². The molecule has 0 radical (unpaired) electrons. The number of ether oxygens (including phenoxy) is 2. The third-order valence-electron chi connectivity index (χ3n) is 4.01. The lowest BCUT2D eigenvalue weighted by atomic mass is 10.0. The molecule has 7 nitrogen and oxygen atoms in total. The number of carbonyl (C=O) groups excluding carboxylic acids is 3. The highest BCUT2D eigenvalue weighted by molar-refractivity contribution is 6.18. The van der Waals surface area contributed by atoms with E-state index in [0.29, 0.717) is 11.3 Å². The smallest absolute Gasteiger partial charge is 0.259 e. The molecule has 4 rings (SSSR count). The first kappa shape index (κ1) is 14.5. The second-order valence-electron chi connectivity index (χ2n) is 5.48. The molecule has 120 valence electrons. The van der Waals surface area contributed by atoms with Crippen molar-refractivity contribution in [1.82, 2.24) is 10.3 Å². The summed E-state index contributed by atoms with van der Waals surface area (Å²) in [5, 5.41) is 3.30. The van der Waals surface area contributed by atoms with Crippen LogP contribution in [0.15, 0.2) is 42.2 Å². The Balaban J connectivity index is 1.69. The fraction of sp³-hybridized carbons (Fsp3) is 0.176. The maximum absolute atomic E-state index is 12.5. The molecule has 1 N–H and O–H groups in total. The molecule has 2 aromatic rings. The van der Waals surface area contributed by atoms with E-state index >= 15 is 0 Å². The van der Waals surface area contributed by atoms with Crippen molar-refractivity contribution in [1.29, 1.82) is 0 Å². The largest absolute Gasteiger partial charge is 0.494 e. The quantitative estimate of drug-likeness (QED) is 0.838. The predicted octanol–water partition coefficient (Wildman–Crippen LogP) is 0.776. The summed E-state index contributed by atoms with van der Waals surface area (Å²) in [4.78, 5) is 40.5. The van der Waals surface area contributed by atoms with Gasteiger partial charge in [-0.05, 0) is 12.1 Å². The Hall–Kier alpha value is -3.06. The van der Waals surface area contributed by atoms with Crippen LogP contribution < -0.4 is 10.1 Å². The third kappa shape index (κ3) is 2.17. The third-order valence-corrected chi connectivity index (χ3v) is 4.01. The standard InChI is InChI=1S/C17H12N2O5/c1-23-14-9(5-4-8-3-2-6-18-12(8)14)17(22)19-10-7-11(20)15-16(24-15)13(10)21/h2-7,15-16H,1H3,(H,19,22). The van der Waals surface area contributed by atoms with Crippen molar-refractivity contribution in [2.24, 2.45) is 0 Å². The fourth-order valence-corrected chi connectivity index (χ4v) is 2.77. The fourth-order valence-electron chi connectivity index (χ4n) is 2.77. The number of aromatic nitrogens is 1. The highest BCUT2D eigenvalue weighted by Crippen LogP contribution is 2.31. The number of epoxide rings is 1. The monoisotopic (exact) mass is 324 g/mol. The molecule has 1 fully saturated rings. The minimum absolute atomic E-state index is 0.0630. The van der Waals surface area contributed by atoms with Crippen LogP contribution in [0.25, 0.3) is 10.9 Å². The Morgan fingerprint density at radius 3 is 2.88 bits per heavy atom. The summed E-state index contributed by atoms with van der Waals surface area (Å²) >= 11 is 0. The van der Waals surface area contributed by atoms with Gasteiger partial charge in [0.2, 0.25) is 5.78 Å². The zero-order chi connectivity index (χ0) is 16.8. The second-order valence-corrected chi connectivity index (χ2v) is 5.48. The molecule has 1 amide bonds. The second kappa shape index (κ2) is 5.24. The van der Waals surface area contributed by atoms with Gasteiger partial charge in [-0.25, -0.2) is 0 Å². The van der Waals surface area contributed by atoms with E-state index in [-0.39, 0.29) is 17.0 Å². The van der Waals surface area contributed by atoms with Gasteiger partial charge in [-0.15, -0.1) is 0 Å². The summed E-state index contributed by atoms with van der Waals surface area (Å²) in [7, 11) is 1.44. The van der Waals surface area contributed by atoms with Gasteiger partial charge < -0.3 is 14.8 Å². The van der Waals surface area contributed by atoms with E-state index in [9.17, 15) is 14.4 Å². The number of benzene rings is 1. The van der Waals surface area contributed by atoms with Crippen molar-refractivity contribution in [3.8, 4) is 5.75 Å². The number of methoxy groups -OCH3 is 1. The molecule has 1 saturated heterocycles. The van der Waals surface area contributed by atoms with Gasteiger partial charge in [0.25, 0.3) is 5.91 Å². The summed E-state index contributed by atoms with van der Waals surface area (Å²) in [5.41, 5.74) is 0.703. The van der Waals surface area contributed by atoms with Gasteiger partial charge in [-0.1, -0.05) is 12.1 Å². The van der Waals surface area contributed by atoms with Crippen LogP contribution in [0.5, 0.6) is 5.75 Å². The minimum atomic E-state index is -0.766. The molecule has 2 heterocycles. The molecule has 2 unspecified atom stereocenters. The Kier molecular flexibility index (Phi) is 3.17. The van der Waals surface area contributed by atoms with Crippen LogP contribution in [0, 0.1) is 0 Å². The van der Waals surface area contributed by atoms with Gasteiger partial charge in [0, 0.05) is 17.7 Å². The summed E-state index contributed by atoms with van der Waals surface area (Å²) in [6.07, 6.45) is 1.26. The molecule has 0 saturated carbocycles. The minimum Gasteiger partial charge on any atom is -0.494 e. The summed E-state index contributed by atoms with van der Waals surface area (Å²) in [6.45, 7) is 0. The van der Waals surface area contributed by atoms with E-state index in [2.05, 4.69) is 10.3 Å². The first-order valence-electron chi connectivity index (χ1n) is 7.28. The number of hydrogen-bond donors (Lipinski definition) is 1. The number of nitrogens with zero attached hydrogens (tertiary/aromatic N) is 1. The van der Waals surface area contributed by atoms with Crippen LogP contribution in [0.2, 0.25) is 0 Å². The van der Waals surface area contributed by atoms with Gasteiger partial charge in [0.1, 0.15) is 5.52 Å². The van der Waals surface area contributed by atoms with Crippen molar-refractivity contribution < 1.29 is 23.9 Å². The van der Waals surface area contributed by atoms with Crippen LogP contribution in [-0.4, -0.2) is 41.8 Å². The van der Waals surface area contributed by atoms with Crippen LogP contribution in [-0.2, 0) is 14.3 Å². The molecule has 1 aromatic heterocycles. The van der Waals surface area contributed by atoms with Gasteiger partial charge >= 0.3 is 0 Å². The summed E-state index contributed by atoms with van der Waals surface area (Å²) in [5.74, 6) is -0.958. The lowest BCUT2D eigenvalue weighted by molar-refractivity contribution is -0.119. The average Bonchev–Trinajstić information content (AvgIpc) is 3.39. The molecule has 2 aliphatic rings. The van der Waals surface area contributed by atoms with Crippen molar-refractivity contribution in [3.05, 3.63) is 47.8 Å². The van der Waals surface area contributed by atoms with Crippen molar-refractivity contribution in [2.75, 3.05) is 7.11 Å². The molecule has 1 aromatic carbocycles. The number of fused-ring (bicyclic) bond motifs is 2. The molecular weight excluding hydrogens is 312 g/mol. The van der Waals surface area contributed by atoms with Crippen molar-refractivity contribution in [2.45, 2.75) is 12.2 Å². The predicted molar refractivity (Wildman–Crippen MR) is 82.5 cm³/mol. The highest BCUT2D eigenvalue weighted by atomic mass is 16.6. The Morgan fingerprint density at radius 1 is 1.25 bits per heavy atom. The number of amides is 1. The van der Waals surface area contributed by atoms with E-state index in [1.54, 1.807) is 24.4 Å². The molecule has 7 heteroatoms. The van der Waals surface area contributed by atoms with Crippen molar-refractivity contribution >= 4 is 28.4 Å². The number of pyridine rings is 1. The van der Waals surface area contributed by atoms with E-state index in [0.717, 1.165) is 11.5 Å². The van der Waals surface area contributed by atoms with Gasteiger partial charge in [0.05, 0.1) is 18.4 Å². The first-order chi connectivity index (χ1) is 11.6. The normalized spacial score (nSPS) is 22.0. The zero-order valence-electron chi connectivity index (χ0n) is 12.6. The maximum Gasteiger partial charge on any atom is 0.259 e. The molecule has 1 aliphatic heterocycles. The molecule has 0 spiro atoms. The summed E-state index contributed by atoms with van der Waals surface area (Å²) in [6, 6.07) is 6.96. The molecule has 24 heavy (non-hydrogen) atoms. The van der Waals surface area contributed by atoms with E-state index in [1.807, 2.05) is 6.07 Å². The molecular formula is C17H12N2O5. The topological polar surface area (TPSA) is 97.9 Å². The number of nitrogens with one attached hydrogen (secondary N) is 1. The summed E-state index contributed by atoms with van der Waals surface area (Å²) < 4.78 is 10.3. The Bertz CT molecular complexity index is 934. The van der Waals surface area contributed by atoms with Gasteiger partial charge in [0.15, 0.2) is 23.7 Å². The lowest BCUT2D eigenvalue weighted by Crippen LogP contribution is -2.34. The zero-order valence-corrected chi connectivity index (χ0v) is 12.6. The SMILES string of the molecule is COc1c(C(=O)NC2=CC(=O)C3OC3C2=O)ccc2cccnc12. The molecule has 1 aliphatic carbocycles. The van der Waals surface area contributed by atoms with Gasteiger partial charge in [-0.2, -0.15) is 0 Å². The molecule has 2 atom stereocenters. The van der Waals surface area contributed by atoms with Crippen LogP contribution >= 0.6 is 0 Å². The number of carbonyl (C=O) groups is 3. The molecule has 0 bridgehead atoms. The van der Waals surface area contributed by atoms with Gasteiger partial charge in [-0.3, -0.25) is 19.4 Å². The first-order valence-corrected chi connectivity index (χ1v) is 7.28. The number of rotatable bonds is 3. The number of hydrogen-bond acceptors (Lipinski definition) is 6. The van der Waals surface area contributed by atoms with E-state index in [1.165, 1.54) is 7.11 Å². The highest BCUT2D eigenvalue weighted by Gasteiger charge is 2.53. The van der Waals surface area contributed by atoms with E-state index < -0.39 is 23.9 Å². The van der Waals surface area contributed by atoms with E-state index in [4.69, 9.17) is 9.47 Å². The average molecular weight is 324 g/mol. The Labute approximate surface area is 136 Å². The van der Waals surface area contributed by atoms with Crippen LogP contribution in [0.4, 0.5) is 0 Å². The number of ketones is 2. The lowest BCUT2D eigenvalue weighted by Gasteiger charge is -2.13. The Morgan fingerprint density at radius 2 is 2.08 bits per heavy atom.